The van der Waals surface area contributed by atoms with Gasteiger partial charge in [0, 0.05) is 17.0 Å². The van der Waals surface area contributed by atoms with E-state index in [1.54, 1.807) is 7.11 Å². The van der Waals surface area contributed by atoms with Gasteiger partial charge < -0.3 is 15.0 Å². The molecule has 1 aromatic carbocycles. The van der Waals surface area contributed by atoms with Gasteiger partial charge in [-0.25, -0.2) is 4.98 Å². The molecule has 1 aliphatic rings. The van der Waals surface area contributed by atoms with Gasteiger partial charge in [-0.3, -0.25) is 9.59 Å². The maximum Gasteiger partial charge on any atom is 0.260 e. The molecular weight excluding hydrogens is 374 g/mol. The Morgan fingerprint density at radius 2 is 2.00 bits per heavy atom. The number of nitrogens with zero attached hydrogens (tertiary/aromatic N) is 1. The standard InChI is InChI=1S/C21H23N3O3S/c1-27-15-9-7-13(8-10-15)16-12-28-21-19(16)20(26)23-17(24-21)11-18(25)22-14-5-3-2-4-6-14/h7-10,12,14H,2-6,11H2,1H3,(H,22,25)(H,23,24,26). The molecule has 6 nitrogen and oxygen atoms in total. The molecule has 146 valence electrons. The third kappa shape index (κ3) is 3.94. The predicted octanol–water partition coefficient (Wildman–Crippen LogP) is 3.65. The Morgan fingerprint density at radius 3 is 2.71 bits per heavy atom. The SMILES string of the molecule is COc1ccc(-c2csc3nc(CC(=O)NC4CCCCC4)[nH]c(=O)c23)cc1. The Bertz CT molecular complexity index is 1030. The van der Waals surface area contributed by atoms with E-state index in [1.165, 1.54) is 17.8 Å². The van der Waals surface area contributed by atoms with Crippen LogP contribution in [0.15, 0.2) is 34.4 Å². The highest BCUT2D eigenvalue weighted by Crippen LogP contribution is 2.31. The number of carbonyl (C=O) groups excluding carboxylic acids is 1. The van der Waals surface area contributed by atoms with Crippen molar-refractivity contribution in [1.29, 1.82) is 0 Å². The average molecular weight is 398 g/mol. The largest absolute Gasteiger partial charge is 0.497 e. The van der Waals surface area contributed by atoms with Crippen molar-refractivity contribution < 1.29 is 9.53 Å². The van der Waals surface area contributed by atoms with Crippen LogP contribution in [0, 0.1) is 0 Å². The van der Waals surface area contributed by atoms with Gasteiger partial charge in [-0.15, -0.1) is 11.3 Å². The third-order valence-corrected chi connectivity index (χ3v) is 6.06. The highest BCUT2D eigenvalue weighted by molar-refractivity contribution is 7.17. The summed E-state index contributed by atoms with van der Waals surface area (Å²) in [6, 6.07) is 7.82. The smallest absolute Gasteiger partial charge is 0.260 e. The minimum absolute atomic E-state index is 0.0821. The number of aromatic nitrogens is 2. The monoisotopic (exact) mass is 397 g/mol. The number of fused-ring (bicyclic) bond motifs is 1. The number of hydrogen-bond donors (Lipinski definition) is 2. The van der Waals surface area contributed by atoms with E-state index in [0.717, 1.165) is 42.6 Å². The Balaban J connectivity index is 1.55. The first kappa shape index (κ1) is 18.7. The van der Waals surface area contributed by atoms with E-state index in [-0.39, 0.29) is 23.9 Å². The van der Waals surface area contributed by atoms with Gasteiger partial charge in [-0.1, -0.05) is 31.4 Å². The summed E-state index contributed by atoms with van der Waals surface area (Å²) in [6.45, 7) is 0. The quantitative estimate of drug-likeness (QED) is 0.688. The van der Waals surface area contributed by atoms with E-state index >= 15 is 0 Å². The summed E-state index contributed by atoms with van der Waals surface area (Å²) in [5.74, 6) is 1.09. The lowest BCUT2D eigenvalue weighted by atomic mass is 9.95. The van der Waals surface area contributed by atoms with Crippen molar-refractivity contribution in [2.24, 2.45) is 0 Å². The number of methoxy groups -OCH3 is 1. The van der Waals surface area contributed by atoms with Gasteiger partial charge in [0.25, 0.3) is 5.56 Å². The van der Waals surface area contributed by atoms with Crippen LogP contribution in [-0.4, -0.2) is 29.0 Å². The number of amides is 1. The van der Waals surface area contributed by atoms with Crippen LogP contribution in [-0.2, 0) is 11.2 Å². The maximum absolute atomic E-state index is 12.7. The molecule has 0 bridgehead atoms. The molecule has 1 amide bonds. The molecule has 0 unspecified atom stereocenters. The van der Waals surface area contributed by atoms with Crippen molar-refractivity contribution in [2.45, 2.75) is 44.6 Å². The Hall–Kier alpha value is -2.67. The lowest BCUT2D eigenvalue weighted by Crippen LogP contribution is -2.37. The molecule has 4 rings (SSSR count). The van der Waals surface area contributed by atoms with Crippen LogP contribution in [0.25, 0.3) is 21.3 Å². The predicted molar refractivity (Wildman–Crippen MR) is 111 cm³/mol. The summed E-state index contributed by atoms with van der Waals surface area (Å²) < 4.78 is 5.19. The van der Waals surface area contributed by atoms with Crippen LogP contribution in [0.5, 0.6) is 5.75 Å². The average Bonchev–Trinajstić information content (AvgIpc) is 3.13. The van der Waals surface area contributed by atoms with Gasteiger partial charge in [0.2, 0.25) is 5.91 Å². The first-order chi connectivity index (χ1) is 13.6. The molecule has 7 heteroatoms. The molecular formula is C21H23N3O3S. The van der Waals surface area contributed by atoms with E-state index in [2.05, 4.69) is 15.3 Å². The number of carbonyl (C=O) groups is 1. The van der Waals surface area contributed by atoms with Crippen LogP contribution >= 0.6 is 11.3 Å². The highest BCUT2D eigenvalue weighted by atomic mass is 32.1. The molecule has 0 aliphatic heterocycles. The molecule has 0 radical (unpaired) electrons. The number of thiophene rings is 1. The zero-order valence-corrected chi connectivity index (χ0v) is 16.6. The van der Waals surface area contributed by atoms with Gasteiger partial charge in [0.15, 0.2) is 0 Å². The minimum atomic E-state index is -0.211. The molecule has 0 atom stereocenters. The number of benzene rings is 1. The van der Waals surface area contributed by atoms with Gasteiger partial charge in [0.1, 0.15) is 16.4 Å². The Morgan fingerprint density at radius 1 is 1.25 bits per heavy atom. The fraction of sp³-hybridized carbons (Fsp3) is 0.381. The van der Waals surface area contributed by atoms with Crippen LogP contribution in [0.2, 0.25) is 0 Å². The van der Waals surface area contributed by atoms with Gasteiger partial charge >= 0.3 is 0 Å². The molecule has 0 saturated heterocycles. The minimum Gasteiger partial charge on any atom is -0.497 e. The Kier molecular flexibility index (Phi) is 5.43. The second-order valence-corrected chi connectivity index (χ2v) is 8.01. The molecule has 2 N–H and O–H groups in total. The molecule has 0 spiro atoms. The van der Waals surface area contributed by atoms with Crippen molar-refractivity contribution in [3.05, 3.63) is 45.8 Å². The second kappa shape index (κ2) is 8.14. The summed E-state index contributed by atoms with van der Waals surface area (Å²) in [4.78, 5) is 33.0. The maximum atomic E-state index is 12.7. The fourth-order valence-corrected chi connectivity index (χ4v) is 4.70. The van der Waals surface area contributed by atoms with E-state index in [1.807, 2.05) is 29.6 Å². The number of ether oxygens (including phenoxy) is 1. The van der Waals surface area contributed by atoms with Gasteiger partial charge in [-0.2, -0.15) is 0 Å². The number of rotatable bonds is 5. The normalized spacial score (nSPS) is 14.9. The molecule has 1 saturated carbocycles. The first-order valence-electron chi connectivity index (χ1n) is 9.58. The fourth-order valence-electron chi connectivity index (χ4n) is 3.74. The first-order valence-corrected chi connectivity index (χ1v) is 10.5. The summed E-state index contributed by atoms with van der Waals surface area (Å²) >= 11 is 1.42. The van der Waals surface area contributed by atoms with Gasteiger partial charge in [-0.05, 0) is 30.5 Å². The van der Waals surface area contributed by atoms with E-state index in [4.69, 9.17) is 4.74 Å². The molecule has 3 aromatic rings. The third-order valence-electron chi connectivity index (χ3n) is 5.19. The zero-order chi connectivity index (χ0) is 19.5. The van der Waals surface area contributed by atoms with Gasteiger partial charge in [0.05, 0.1) is 18.9 Å². The van der Waals surface area contributed by atoms with Crippen molar-refractivity contribution in [2.75, 3.05) is 7.11 Å². The van der Waals surface area contributed by atoms with Crippen LogP contribution in [0.1, 0.15) is 37.9 Å². The molecule has 28 heavy (non-hydrogen) atoms. The summed E-state index contributed by atoms with van der Waals surface area (Å²) in [7, 11) is 1.62. The topological polar surface area (TPSA) is 84.1 Å². The molecule has 2 aromatic heterocycles. The lowest BCUT2D eigenvalue weighted by Gasteiger charge is -2.22. The molecule has 2 heterocycles. The number of aromatic amines is 1. The van der Waals surface area contributed by atoms with E-state index in [0.29, 0.717) is 16.0 Å². The summed E-state index contributed by atoms with van der Waals surface area (Å²) in [5, 5.41) is 5.56. The van der Waals surface area contributed by atoms with Crippen LogP contribution < -0.4 is 15.6 Å². The van der Waals surface area contributed by atoms with Crippen LogP contribution in [0.4, 0.5) is 0 Å². The number of H-pyrrole nitrogens is 1. The van der Waals surface area contributed by atoms with E-state index < -0.39 is 0 Å². The molecule has 1 aliphatic carbocycles. The highest BCUT2D eigenvalue weighted by Gasteiger charge is 2.18. The van der Waals surface area contributed by atoms with Crippen molar-refractivity contribution in [1.82, 2.24) is 15.3 Å². The summed E-state index contributed by atoms with van der Waals surface area (Å²) in [5.41, 5.74) is 1.56. The van der Waals surface area contributed by atoms with Crippen molar-refractivity contribution in [3.63, 3.8) is 0 Å². The Labute approximate surface area is 167 Å². The number of nitrogens with one attached hydrogen (secondary N) is 2. The zero-order valence-electron chi connectivity index (χ0n) is 15.8. The lowest BCUT2D eigenvalue weighted by molar-refractivity contribution is -0.121. The van der Waals surface area contributed by atoms with Crippen molar-refractivity contribution in [3.8, 4) is 16.9 Å². The van der Waals surface area contributed by atoms with Crippen LogP contribution in [0.3, 0.4) is 0 Å². The molecule has 1 fully saturated rings. The summed E-state index contributed by atoms with van der Waals surface area (Å²) in [6.07, 6.45) is 5.73. The van der Waals surface area contributed by atoms with Crippen molar-refractivity contribution >= 4 is 27.5 Å². The second-order valence-electron chi connectivity index (χ2n) is 7.15. The van der Waals surface area contributed by atoms with E-state index in [9.17, 15) is 9.59 Å². The number of hydrogen-bond acceptors (Lipinski definition) is 5.